The topological polar surface area (TPSA) is 113 Å². The van der Waals surface area contributed by atoms with Crippen molar-refractivity contribution in [1.82, 2.24) is 15.2 Å². The van der Waals surface area contributed by atoms with E-state index in [2.05, 4.69) is 20.9 Å². The summed E-state index contributed by atoms with van der Waals surface area (Å²) < 4.78 is 20.1. The fraction of sp³-hybridized carbons (Fsp3) is 0.394. The third-order valence-electron chi connectivity index (χ3n) is 8.50. The number of benzene rings is 1. The Morgan fingerprint density at radius 2 is 2.00 bits per heavy atom. The van der Waals surface area contributed by atoms with E-state index in [4.69, 9.17) is 16.3 Å². The van der Waals surface area contributed by atoms with Gasteiger partial charge < -0.3 is 20.3 Å². The van der Waals surface area contributed by atoms with E-state index >= 15 is 4.39 Å². The number of nitrogens with one attached hydrogen (secondary N) is 3. The molecule has 1 aliphatic carbocycles. The third-order valence-corrected chi connectivity index (χ3v) is 8.79. The maximum atomic E-state index is 15.4. The van der Waals surface area contributed by atoms with Gasteiger partial charge in [-0.1, -0.05) is 42.7 Å². The maximum Gasteiger partial charge on any atom is 0.411 e. The number of fused-ring (bicyclic) bond motifs is 4. The molecule has 232 valence electrons. The largest absolute Gasteiger partial charge is 0.453 e. The first-order valence-corrected chi connectivity index (χ1v) is 15.3. The Labute approximate surface area is 261 Å². The van der Waals surface area contributed by atoms with Crippen LogP contribution < -0.4 is 16.0 Å². The van der Waals surface area contributed by atoms with Gasteiger partial charge in [-0.15, -0.1) is 0 Å². The zero-order chi connectivity index (χ0) is 31.4. The molecule has 0 spiro atoms. The molecule has 2 aliphatic heterocycles. The lowest BCUT2D eigenvalue weighted by atomic mass is 9.91. The number of nitrogens with zero attached hydrogens (tertiary/aromatic N) is 2. The van der Waals surface area contributed by atoms with Crippen LogP contribution in [0.1, 0.15) is 64.1 Å². The summed E-state index contributed by atoms with van der Waals surface area (Å²) in [7, 11) is 1.28. The second kappa shape index (κ2) is 13.6. The first kappa shape index (κ1) is 31.3. The molecular weight excluding hydrogens is 585 g/mol. The minimum absolute atomic E-state index is 0.0442. The Morgan fingerprint density at radius 3 is 2.77 bits per heavy atom. The van der Waals surface area contributed by atoms with Gasteiger partial charge in [0.15, 0.2) is 0 Å². The zero-order valence-corrected chi connectivity index (χ0v) is 25.8. The van der Waals surface area contributed by atoms with Crippen molar-refractivity contribution in [3.63, 3.8) is 0 Å². The van der Waals surface area contributed by atoms with Crippen LogP contribution in [0.15, 0.2) is 70.7 Å². The quantitative estimate of drug-likeness (QED) is 0.327. The fourth-order valence-electron chi connectivity index (χ4n) is 6.06. The standard InChI is InChI=1S/C33H37ClFN5O4/c1-19-7-4-5-9-24(34)30(35)29(19)25-14-16-40(32(42)39-25)28-10-6-8-20(2)31(41)38-26-18-22(37-33(43)44-3)11-12-23(26)21-13-15-36-27(28)17-21/h5,9,11-13,15,17-18,20,25,28H,4,6-8,10,14,16H2,1-3H3,(H,37,43)(H,38,41)(H,39,42). The van der Waals surface area contributed by atoms with Crippen molar-refractivity contribution in [2.45, 2.75) is 64.5 Å². The monoisotopic (exact) mass is 621 g/mol. The number of carbonyl (C=O) groups excluding carboxylic acids is 3. The molecule has 44 heavy (non-hydrogen) atoms. The molecule has 3 N–H and O–H groups in total. The lowest BCUT2D eigenvalue weighted by Gasteiger charge is -2.39. The summed E-state index contributed by atoms with van der Waals surface area (Å²) in [4.78, 5) is 45.2. The van der Waals surface area contributed by atoms with Crippen molar-refractivity contribution in [2.75, 3.05) is 24.3 Å². The first-order chi connectivity index (χ1) is 21.2. The van der Waals surface area contributed by atoms with E-state index in [0.29, 0.717) is 55.6 Å². The Hall–Kier alpha value is -4.18. The van der Waals surface area contributed by atoms with Crippen molar-refractivity contribution in [3.05, 3.63) is 76.4 Å². The predicted octanol–water partition coefficient (Wildman–Crippen LogP) is 7.60. The Balaban J connectivity index is 1.47. The molecule has 4 amide bonds. The Bertz CT molecular complexity index is 1550. The molecule has 2 aromatic rings. The minimum Gasteiger partial charge on any atom is -0.453 e. The Kier molecular flexibility index (Phi) is 9.68. The van der Waals surface area contributed by atoms with Gasteiger partial charge in [0.2, 0.25) is 5.91 Å². The number of pyridine rings is 1. The molecule has 9 nitrogen and oxygen atoms in total. The van der Waals surface area contributed by atoms with Gasteiger partial charge in [0.25, 0.3) is 0 Å². The van der Waals surface area contributed by atoms with Gasteiger partial charge >= 0.3 is 12.1 Å². The Morgan fingerprint density at radius 1 is 1.18 bits per heavy atom. The van der Waals surface area contributed by atoms with E-state index < -0.39 is 18.0 Å². The van der Waals surface area contributed by atoms with E-state index in [-0.39, 0.29) is 28.9 Å². The van der Waals surface area contributed by atoms with Crippen molar-refractivity contribution in [3.8, 4) is 11.1 Å². The van der Waals surface area contributed by atoms with Gasteiger partial charge in [0.05, 0.1) is 35.6 Å². The molecule has 2 bridgehead atoms. The smallest absolute Gasteiger partial charge is 0.411 e. The molecule has 11 heteroatoms. The number of hydrogen-bond acceptors (Lipinski definition) is 5. The van der Waals surface area contributed by atoms with Crippen molar-refractivity contribution < 1.29 is 23.5 Å². The van der Waals surface area contributed by atoms with Crippen LogP contribution in [-0.2, 0) is 9.53 Å². The number of aromatic nitrogens is 1. The normalized spacial score (nSPS) is 22.9. The molecule has 1 saturated heterocycles. The summed E-state index contributed by atoms with van der Waals surface area (Å²) in [5.41, 5.74) is 4.61. The van der Waals surface area contributed by atoms with E-state index in [1.54, 1.807) is 29.3 Å². The van der Waals surface area contributed by atoms with Crippen LogP contribution in [0.3, 0.4) is 0 Å². The molecule has 1 aromatic carbocycles. The van der Waals surface area contributed by atoms with Crippen LogP contribution in [0.4, 0.5) is 25.4 Å². The summed E-state index contributed by atoms with van der Waals surface area (Å²) in [6.07, 6.45) is 8.35. The van der Waals surface area contributed by atoms with Crippen molar-refractivity contribution in [2.24, 2.45) is 5.92 Å². The van der Waals surface area contributed by atoms with Gasteiger partial charge in [-0.3, -0.25) is 15.1 Å². The lowest BCUT2D eigenvalue weighted by Crippen LogP contribution is -2.53. The number of halogens is 2. The average Bonchev–Trinajstić information content (AvgIpc) is 3.01. The third kappa shape index (κ3) is 6.80. The van der Waals surface area contributed by atoms with E-state index in [1.807, 2.05) is 38.1 Å². The number of urea groups is 1. The molecule has 3 heterocycles. The first-order valence-electron chi connectivity index (χ1n) is 14.9. The molecule has 0 radical (unpaired) electrons. The lowest BCUT2D eigenvalue weighted by molar-refractivity contribution is -0.119. The number of amides is 4. The van der Waals surface area contributed by atoms with Gasteiger partial charge in [0, 0.05) is 35.5 Å². The molecule has 5 rings (SSSR count). The van der Waals surface area contributed by atoms with Crippen LogP contribution in [0.25, 0.3) is 11.1 Å². The summed E-state index contributed by atoms with van der Waals surface area (Å²) in [5.74, 6) is -0.929. The van der Waals surface area contributed by atoms with Crippen LogP contribution in [0, 0.1) is 5.92 Å². The number of ether oxygens (including phenoxy) is 1. The van der Waals surface area contributed by atoms with Crippen LogP contribution >= 0.6 is 11.6 Å². The van der Waals surface area contributed by atoms with Crippen LogP contribution in [0.2, 0.25) is 0 Å². The molecule has 0 saturated carbocycles. The number of anilines is 2. The summed E-state index contributed by atoms with van der Waals surface area (Å²) in [5, 5.41) is 8.76. The van der Waals surface area contributed by atoms with Gasteiger partial charge in [-0.05, 0) is 74.9 Å². The minimum atomic E-state index is -0.617. The summed E-state index contributed by atoms with van der Waals surface area (Å²) >= 11 is 6.23. The highest BCUT2D eigenvalue weighted by Gasteiger charge is 2.35. The van der Waals surface area contributed by atoms with Crippen LogP contribution in [0.5, 0.6) is 0 Å². The highest BCUT2D eigenvalue weighted by atomic mass is 35.5. The number of carbonyl (C=O) groups is 3. The summed E-state index contributed by atoms with van der Waals surface area (Å²) in [6.45, 7) is 4.16. The molecule has 3 aliphatic rings. The number of rotatable bonds is 3. The van der Waals surface area contributed by atoms with Crippen molar-refractivity contribution in [1.29, 1.82) is 0 Å². The molecule has 3 unspecified atom stereocenters. The average molecular weight is 622 g/mol. The SMILES string of the molecule is COC(=O)Nc1ccc2c(c1)NC(=O)C(C)CCCC(N1CCC(C3=C(C)CCC=CC(Cl)=C3F)NC1=O)c1cc-2ccn1. The number of hydrogen-bond donors (Lipinski definition) is 3. The second-order valence-corrected chi connectivity index (χ2v) is 11.9. The summed E-state index contributed by atoms with van der Waals surface area (Å²) in [6, 6.07) is 7.88. The van der Waals surface area contributed by atoms with Crippen LogP contribution in [-0.4, -0.2) is 47.6 Å². The second-order valence-electron chi connectivity index (χ2n) is 11.5. The van der Waals surface area contributed by atoms with Gasteiger partial charge in [0.1, 0.15) is 5.83 Å². The van der Waals surface area contributed by atoms with E-state index in [1.165, 1.54) is 7.11 Å². The number of methoxy groups -OCH3 is 1. The highest BCUT2D eigenvalue weighted by molar-refractivity contribution is 6.31. The predicted molar refractivity (Wildman–Crippen MR) is 169 cm³/mol. The van der Waals surface area contributed by atoms with E-state index in [0.717, 1.165) is 28.8 Å². The molecular formula is C33H37ClFN5O4. The zero-order valence-electron chi connectivity index (χ0n) is 25.1. The van der Waals surface area contributed by atoms with Crippen molar-refractivity contribution >= 4 is 41.0 Å². The highest BCUT2D eigenvalue weighted by Crippen LogP contribution is 2.37. The van der Waals surface area contributed by atoms with Gasteiger partial charge in [-0.2, -0.15) is 0 Å². The molecule has 1 aromatic heterocycles. The maximum absolute atomic E-state index is 15.4. The van der Waals surface area contributed by atoms with Gasteiger partial charge in [-0.25, -0.2) is 14.0 Å². The molecule has 1 fully saturated rings. The number of allylic oxidation sites excluding steroid dienone is 4. The fourth-order valence-corrected chi connectivity index (χ4v) is 6.25. The van der Waals surface area contributed by atoms with E-state index in [9.17, 15) is 14.4 Å². The molecule has 3 atom stereocenters.